The van der Waals surface area contributed by atoms with Gasteiger partial charge in [-0.15, -0.1) is 0 Å². The van der Waals surface area contributed by atoms with Crippen LogP contribution in [0.4, 0.5) is 10.1 Å². The van der Waals surface area contributed by atoms with Crippen LogP contribution in [0.3, 0.4) is 0 Å². The normalized spacial score (nSPS) is 21.2. The van der Waals surface area contributed by atoms with Crippen LogP contribution in [0, 0.1) is 5.82 Å². The topological polar surface area (TPSA) is 15.3 Å². The Morgan fingerprint density at radius 3 is 2.94 bits per heavy atom. The van der Waals surface area contributed by atoms with Crippen molar-refractivity contribution in [3.63, 3.8) is 0 Å². The van der Waals surface area contributed by atoms with Gasteiger partial charge in [-0.05, 0) is 31.0 Å². The second-order valence-corrected chi connectivity index (χ2v) is 4.44. The van der Waals surface area contributed by atoms with Gasteiger partial charge in [0.1, 0.15) is 5.82 Å². The number of piperazine rings is 1. The fourth-order valence-corrected chi connectivity index (χ4v) is 2.18. The number of benzene rings is 1. The zero-order chi connectivity index (χ0) is 11.5. The van der Waals surface area contributed by atoms with Gasteiger partial charge in [0.15, 0.2) is 0 Å². The van der Waals surface area contributed by atoms with Gasteiger partial charge < -0.3 is 10.2 Å². The number of rotatable bonds is 2. The summed E-state index contributed by atoms with van der Waals surface area (Å²) in [5.74, 6) is -0.0894. The molecule has 1 aliphatic heterocycles. The van der Waals surface area contributed by atoms with Gasteiger partial charge in [-0.25, -0.2) is 4.39 Å². The maximum absolute atomic E-state index is 13.9. The lowest BCUT2D eigenvalue weighted by Gasteiger charge is -2.33. The van der Waals surface area contributed by atoms with Gasteiger partial charge in [0.05, 0.1) is 5.69 Å². The molecule has 0 amide bonds. The van der Waals surface area contributed by atoms with Gasteiger partial charge in [0.25, 0.3) is 0 Å². The van der Waals surface area contributed by atoms with Crippen LogP contribution in [0.1, 0.15) is 19.4 Å². The van der Waals surface area contributed by atoms with Crippen molar-refractivity contribution in [1.82, 2.24) is 5.32 Å². The molecule has 0 spiro atoms. The third-order valence-corrected chi connectivity index (χ3v) is 3.13. The molecule has 2 nitrogen and oxygen atoms in total. The van der Waals surface area contributed by atoms with Crippen molar-refractivity contribution < 1.29 is 4.39 Å². The number of aryl methyl sites for hydroxylation is 1. The van der Waals surface area contributed by atoms with Gasteiger partial charge in [-0.3, -0.25) is 0 Å². The predicted molar refractivity (Wildman–Crippen MR) is 65.5 cm³/mol. The average molecular weight is 222 g/mol. The SMILES string of the molecule is CCc1ccc(N2CCN[C@H](C)C2)c(F)c1. The highest BCUT2D eigenvalue weighted by molar-refractivity contribution is 5.49. The molecule has 0 unspecified atom stereocenters. The lowest BCUT2D eigenvalue weighted by Crippen LogP contribution is -2.49. The number of nitrogens with one attached hydrogen (secondary N) is 1. The summed E-state index contributed by atoms with van der Waals surface area (Å²) >= 11 is 0. The Hall–Kier alpha value is -1.09. The Morgan fingerprint density at radius 2 is 2.31 bits per heavy atom. The van der Waals surface area contributed by atoms with Crippen LogP contribution in [0.2, 0.25) is 0 Å². The third kappa shape index (κ3) is 2.35. The highest BCUT2D eigenvalue weighted by atomic mass is 19.1. The first-order valence-electron chi connectivity index (χ1n) is 5.97. The van der Waals surface area contributed by atoms with Crippen LogP contribution < -0.4 is 10.2 Å². The van der Waals surface area contributed by atoms with Crippen molar-refractivity contribution in [2.75, 3.05) is 24.5 Å². The molecule has 0 saturated carbocycles. The van der Waals surface area contributed by atoms with E-state index in [0.29, 0.717) is 6.04 Å². The molecule has 1 atom stereocenters. The molecule has 0 radical (unpaired) electrons. The zero-order valence-corrected chi connectivity index (χ0v) is 9.96. The molecular weight excluding hydrogens is 203 g/mol. The molecule has 1 heterocycles. The minimum absolute atomic E-state index is 0.0894. The van der Waals surface area contributed by atoms with Gasteiger partial charge in [0, 0.05) is 25.7 Å². The molecule has 88 valence electrons. The Bertz CT molecular complexity index is 365. The standard InChI is InChI=1S/C13H19FN2/c1-3-11-4-5-13(12(14)8-11)16-7-6-15-10(2)9-16/h4-5,8,10,15H,3,6-7,9H2,1-2H3/t10-/m1/s1. The molecule has 1 saturated heterocycles. The van der Waals surface area contributed by atoms with Crippen molar-refractivity contribution in [3.8, 4) is 0 Å². The summed E-state index contributed by atoms with van der Waals surface area (Å²) in [4.78, 5) is 2.12. The highest BCUT2D eigenvalue weighted by Gasteiger charge is 2.18. The maximum Gasteiger partial charge on any atom is 0.146 e. The summed E-state index contributed by atoms with van der Waals surface area (Å²) in [7, 11) is 0. The van der Waals surface area contributed by atoms with E-state index in [0.717, 1.165) is 37.3 Å². The molecule has 0 aliphatic carbocycles. The van der Waals surface area contributed by atoms with Crippen LogP contribution in [0.5, 0.6) is 0 Å². The lowest BCUT2D eigenvalue weighted by molar-refractivity contribution is 0.478. The number of anilines is 1. The molecule has 1 aromatic rings. The first-order valence-corrected chi connectivity index (χ1v) is 5.97. The van der Waals surface area contributed by atoms with E-state index in [-0.39, 0.29) is 5.82 Å². The summed E-state index contributed by atoms with van der Waals surface area (Å²) in [6.45, 7) is 6.86. The molecule has 1 aromatic carbocycles. The van der Waals surface area contributed by atoms with E-state index >= 15 is 0 Å². The maximum atomic E-state index is 13.9. The first kappa shape index (κ1) is 11.4. The van der Waals surface area contributed by atoms with E-state index in [1.807, 2.05) is 19.1 Å². The molecule has 0 bridgehead atoms. The van der Waals surface area contributed by atoms with E-state index in [9.17, 15) is 4.39 Å². The van der Waals surface area contributed by atoms with E-state index in [1.165, 1.54) is 0 Å². The van der Waals surface area contributed by atoms with E-state index in [4.69, 9.17) is 0 Å². The smallest absolute Gasteiger partial charge is 0.146 e. The Labute approximate surface area is 96.5 Å². The molecule has 16 heavy (non-hydrogen) atoms. The minimum Gasteiger partial charge on any atom is -0.366 e. The van der Waals surface area contributed by atoms with Crippen molar-refractivity contribution in [2.45, 2.75) is 26.3 Å². The Kier molecular flexibility index (Phi) is 3.44. The van der Waals surface area contributed by atoms with Crippen molar-refractivity contribution in [3.05, 3.63) is 29.6 Å². The molecular formula is C13H19FN2. The van der Waals surface area contributed by atoms with Crippen LogP contribution >= 0.6 is 0 Å². The Balaban J connectivity index is 2.19. The van der Waals surface area contributed by atoms with Gasteiger partial charge in [-0.2, -0.15) is 0 Å². The second kappa shape index (κ2) is 4.83. The van der Waals surface area contributed by atoms with Crippen molar-refractivity contribution in [2.24, 2.45) is 0 Å². The van der Waals surface area contributed by atoms with E-state index in [2.05, 4.69) is 17.1 Å². The van der Waals surface area contributed by atoms with Crippen LogP contribution in [0.15, 0.2) is 18.2 Å². The minimum atomic E-state index is -0.0894. The van der Waals surface area contributed by atoms with Crippen LogP contribution in [0.25, 0.3) is 0 Å². The number of halogens is 1. The summed E-state index contributed by atoms with van der Waals surface area (Å²) in [5.41, 5.74) is 1.80. The largest absolute Gasteiger partial charge is 0.366 e. The molecule has 1 aliphatic rings. The van der Waals surface area contributed by atoms with Gasteiger partial charge >= 0.3 is 0 Å². The monoisotopic (exact) mass is 222 g/mol. The molecule has 0 aromatic heterocycles. The highest BCUT2D eigenvalue weighted by Crippen LogP contribution is 2.21. The molecule has 1 fully saturated rings. The fraction of sp³-hybridized carbons (Fsp3) is 0.538. The summed E-state index contributed by atoms with van der Waals surface area (Å²) in [5, 5.41) is 3.36. The average Bonchev–Trinajstić information content (AvgIpc) is 2.28. The fourth-order valence-electron chi connectivity index (χ4n) is 2.18. The summed E-state index contributed by atoms with van der Waals surface area (Å²) in [6.07, 6.45) is 0.884. The zero-order valence-electron chi connectivity index (χ0n) is 9.96. The first-order chi connectivity index (χ1) is 7.70. The van der Waals surface area contributed by atoms with Crippen molar-refractivity contribution >= 4 is 5.69 Å². The number of nitrogens with zero attached hydrogens (tertiary/aromatic N) is 1. The van der Waals surface area contributed by atoms with Crippen LogP contribution in [-0.2, 0) is 6.42 Å². The van der Waals surface area contributed by atoms with Crippen LogP contribution in [-0.4, -0.2) is 25.7 Å². The molecule has 2 rings (SSSR count). The third-order valence-electron chi connectivity index (χ3n) is 3.13. The van der Waals surface area contributed by atoms with E-state index in [1.54, 1.807) is 6.07 Å². The van der Waals surface area contributed by atoms with Crippen molar-refractivity contribution in [1.29, 1.82) is 0 Å². The molecule has 3 heteroatoms. The Morgan fingerprint density at radius 1 is 1.50 bits per heavy atom. The lowest BCUT2D eigenvalue weighted by atomic mass is 10.1. The quantitative estimate of drug-likeness (QED) is 0.825. The molecule has 1 N–H and O–H groups in total. The van der Waals surface area contributed by atoms with E-state index < -0.39 is 0 Å². The number of hydrogen-bond acceptors (Lipinski definition) is 2. The summed E-state index contributed by atoms with van der Waals surface area (Å²) in [6, 6.07) is 6.01. The summed E-state index contributed by atoms with van der Waals surface area (Å²) < 4.78 is 13.9. The van der Waals surface area contributed by atoms with Gasteiger partial charge in [0.2, 0.25) is 0 Å². The number of hydrogen-bond donors (Lipinski definition) is 1. The predicted octanol–water partition coefficient (Wildman–Crippen LogP) is 2.19. The van der Waals surface area contributed by atoms with Gasteiger partial charge in [-0.1, -0.05) is 13.0 Å². The second-order valence-electron chi connectivity index (χ2n) is 4.44.